The maximum atomic E-state index is 14.5. The Balaban J connectivity index is 2.19. The Hall–Kier alpha value is -3.78. The standard InChI is InChI=1S/C26H22F3NO4/c1-26(2,13-34-3)24-21(15-6-10-18(27)20(29)12-15)17-9-11-19(28)23(31)22(17)30(24)16-7-4-14(5-8-16)25(32)33/h4-12,31H,13H2,1-3H3,(H,32,33). The van der Waals surface area contributed by atoms with Crippen LogP contribution in [0.5, 0.6) is 5.75 Å². The number of carboxylic acids is 1. The fourth-order valence-corrected chi connectivity index (χ4v) is 4.36. The van der Waals surface area contributed by atoms with Gasteiger partial charge >= 0.3 is 5.97 Å². The molecule has 0 saturated heterocycles. The zero-order chi connectivity index (χ0) is 24.8. The zero-order valence-corrected chi connectivity index (χ0v) is 18.7. The number of methoxy groups -OCH3 is 1. The van der Waals surface area contributed by atoms with Crippen molar-refractivity contribution in [1.82, 2.24) is 4.57 Å². The van der Waals surface area contributed by atoms with E-state index in [0.717, 1.165) is 18.2 Å². The van der Waals surface area contributed by atoms with E-state index >= 15 is 0 Å². The molecule has 34 heavy (non-hydrogen) atoms. The monoisotopic (exact) mass is 469 g/mol. The van der Waals surface area contributed by atoms with Gasteiger partial charge < -0.3 is 19.5 Å². The second kappa shape index (κ2) is 8.53. The molecule has 0 aliphatic heterocycles. The number of carboxylic acid groups (broad SMARTS) is 1. The van der Waals surface area contributed by atoms with E-state index in [-0.39, 0.29) is 17.7 Å². The SMILES string of the molecule is COCC(C)(C)c1c(-c2ccc(F)c(F)c2)c2ccc(F)c(O)c2n1-c1ccc(C(=O)O)cc1. The summed E-state index contributed by atoms with van der Waals surface area (Å²) in [5.41, 5.74) is 1.19. The Morgan fingerprint density at radius 2 is 1.62 bits per heavy atom. The van der Waals surface area contributed by atoms with Gasteiger partial charge in [0.25, 0.3) is 0 Å². The number of phenolic OH excluding ortho intramolecular Hbond substituents is 1. The lowest BCUT2D eigenvalue weighted by atomic mass is 9.84. The maximum absolute atomic E-state index is 14.5. The molecule has 176 valence electrons. The number of rotatable bonds is 6. The minimum atomic E-state index is -1.11. The van der Waals surface area contributed by atoms with E-state index in [0.29, 0.717) is 27.9 Å². The average molecular weight is 469 g/mol. The zero-order valence-electron chi connectivity index (χ0n) is 18.7. The first-order valence-corrected chi connectivity index (χ1v) is 10.4. The molecule has 0 aliphatic rings. The van der Waals surface area contributed by atoms with Gasteiger partial charge in [0.05, 0.1) is 17.7 Å². The fraction of sp³-hybridized carbons (Fsp3) is 0.192. The van der Waals surface area contributed by atoms with E-state index in [1.165, 1.54) is 43.5 Å². The number of phenols is 1. The van der Waals surface area contributed by atoms with Crippen molar-refractivity contribution in [2.24, 2.45) is 0 Å². The Bertz CT molecular complexity index is 1410. The number of aromatic nitrogens is 1. The summed E-state index contributed by atoms with van der Waals surface area (Å²) in [7, 11) is 1.52. The minimum Gasteiger partial charge on any atom is -0.503 e. The summed E-state index contributed by atoms with van der Waals surface area (Å²) in [5.74, 6) is -4.65. The molecular formula is C26H22F3NO4. The van der Waals surface area contributed by atoms with Crippen LogP contribution >= 0.6 is 0 Å². The second-order valence-electron chi connectivity index (χ2n) is 8.65. The lowest BCUT2D eigenvalue weighted by molar-refractivity contribution is 0.0697. The fourth-order valence-electron chi connectivity index (χ4n) is 4.36. The predicted molar refractivity (Wildman–Crippen MR) is 122 cm³/mol. The van der Waals surface area contributed by atoms with Crippen molar-refractivity contribution >= 4 is 16.9 Å². The van der Waals surface area contributed by atoms with Gasteiger partial charge in [-0.2, -0.15) is 0 Å². The van der Waals surface area contributed by atoms with Crippen LogP contribution in [0.1, 0.15) is 29.9 Å². The molecule has 0 aliphatic carbocycles. The highest BCUT2D eigenvalue weighted by Gasteiger charge is 2.33. The summed E-state index contributed by atoms with van der Waals surface area (Å²) < 4.78 is 49.6. The molecular weight excluding hydrogens is 447 g/mol. The van der Waals surface area contributed by atoms with E-state index < -0.39 is 34.6 Å². The van der Waals surface area contributed by atoms with Gasteiger partial charge in [-0.25, -0.2) is 18.0 Å². The highest BCUT2D eigenvalue weighted by molar-refractivity contribution is 6.02. The number of carbonyl (C=O) groups is 1. The largest absolute Gasteiger partial charge is 0.503 e. The Labute approximate surface area is 193 Å². The van der Waals surface area contributed by atoms with Crippen molar-refractivity contribution in [3.05, 3.63) is 83.3 Å². The summed E-state index contributed by atoms with van der Waals surface area (Å²) in [6, 6.07) is 11.9. The van der Waals surface area contributed by atoms with Crippen molar-refractivity contribution in [3.8, 4) is 22.6 Å². The summed E-state index contributed by atoms with van der Waals surface area (Å²) in [4.78, 5) is 11.3. The molecule has 4 rings (SSSR count). The molecule has 0 amide bonds. The van der Waals surface area contributed by atoms with Gasteiger partial charge in [-0.3, -0.25) is 0 Å². The molecule has 5 nitrogen and oxygen atoms in total. The number of hydrogen-bond donors (Lipinski definition) is 2. The third-order valence-electron chi connectivity index (χ3n) is 5.78. The van der Waals surface area contributed by atoms with Crippen LogP contribution in [0.25, 0.3) is 27.7 Å². The van der Waals surface area contributed by atoms with E-state index in [1.807, 2.05) is 13.8 Å². The molecule has 1 aromatic heterocycles. The molecule has 0 unspecified atom stereocenters. The van der Waals surface area contributed by atoms with E-state index in [9.17, 15) is 28.2 Å². The van der Waals surface area contributed by atoms with Crippen molar-refractivity contribution in [1.29, 1.82) is 0 Å². The summed E-state index contributed by atoms with van der Waals surface area (Å²) >= 11 is 0. The quantitative estimate of drug-likeness (QED) is 0.361. The van der Waals surface area contributed by atoms with Crippen LogP contribution in [0.3, 0.4) is 0 Å². The van der Waals surface area contributed by atoms with Gasteiger partial charge in [0.15, 0.2) is 23.2 Å². The number of fused-ring (bicyclic) bond motifs is 1. The number of aromatic carboxylic acids is 1. The number of benzene rings is 3. The first-order valence-electron chi connectivity index (χ1n) is 10.4. The molecule has 1 heterocycles. The molecule has 0 atom stereocenters. The number of aromatic hydroxyl groups is 1. The third-order valence-corrected chi connectivity index (χ3v) is 5.78. The van der Waals surface area contributed by atoms with Crippen molar-refractivity contribution in [3.63, 3.8) is 0 Å². The number of hydrogen-bond acceptors (Lipinski definition) is 3. The first kappa shape index (κ1) is 23.4. The molecule has 0 radical (unpaired) electrons. The van der Waals surface area contributed by atoms with Crippen molar-refractivity contribution in [2.45, 2.75) is 19.3 Å². The van der Waals surface area contributed by atoms with Gasteiger partial charge in [-0.05, 0) is 54.1 Å². The van der Waals surface area contributed by atoms with Crippen LogP contribution in [0, 0.1) is 17.5 Å². The summed E-state index contributed by atoms with van der Waals surface area (Å²) in [6.45, 7) is 3.93. The molecule has 8 heteroatoms. The highest BCUT2D eigenvalue weighted by Crippen LogP contribution is 2.46. The lowest BCUT2D eigenvalue weighted by Crippen LogP contribution is -2.27. The number of nitrogens with zero attached hydrogens (tertiary/aromatic N) is 1. The van der Waals surface area contributed by atoms with Crippen LogP contribution < -0.4 is 0 Å². The van der Waals surface area contributed by atoms with Crippen LogP contribution in [0.2, 0.25) is 0 Å². The number of halogens is 3. The smallest absolute Gasteiger partial charge is 0.335 e. The van der Waals surface area contributed by atoms with Crippen LogP contribution in [0.15, 0.2) is 54.6 Å². The topological polar surface area (TPSA) is 71.7 Å². The van der Waals surface area contributed by atoms with Gasteiger partial charge in [-0.1, -0.05) is 19.9 Å². The molecule has 3 aromatic carbocycles. The normalized spacial score (nSPS) is 11.8. The molecule has 0 fully saturated rings. The van der Waals surface area contributed by atoms with Gasteiger partial charge in [0.1, 0.15) is 0 Å². The van der Waals surface area contributed by atoms with Gasteiger partial charge in [0, 0.05) is 34.9 Å². The van der Waals surface area contributed by atoms with E-state index in [1.54, 1.807) is 4.57 Å². The molecule has 2 N–H and O–H groups in total. The highest BCUT2D eigenvalue weighted by atomic mass is 19.2. The van der Waals surface area contributed by atoms with Crippen molar-refractivity contribution in [2.75, 3.05) is 13.7 Å². The molecule has 0 bridgehead atoms. The third kappa shape index (κ3) is 3.80. The van der Waals surface area contributed by atoms with Crippen LogP contribution in [-0.4, -0.2) is 34.5 Å². The van der Waals surface area contributed by atoms with Gasteiger partial charge in [-0.15, -0.1) is 0 Å². The Kier molecular flexibility index (Phi) is 5.87. The summed E-state index contributed by atoms with van der Waals surface area (Å²) in [5, 5.41) is 20.5. The first-order chi connectivity index (χ1) is 16.1. The van der Waals surface area contributed by atoms with Crippen LogP contribution in [-0.2, 0) is 10.2 Å². The Morgan fingerprint density at radius 1 is 0.971 bits per heavy atom. The average Bonchev–Trinajstić information content (AvgIpc) is 3.15. The summed E-state index contributed by atoms with van der Waals surface area (Å²) in [6.07, 6.45) is 0. The molecule has 4 aromatic rings. The lowest BCUT2D eigenvalue weighted by Gasteiger charge is -2.28. The van der Waals surface area contributed by atoms with E-state index in [2.05, 4.69) is 0 Å². The predicted octanol–water partition coefficient (Wildman–Crippen LogP) is 6.04. The van der Waals surface area contributed by atoms with Crippen molar-refractivity contribution < 1.29 is 32.9 Å². The molecule has 0 spiro atoms. The van der Waals surface area contributed by atoms with Crippen LogP contribution in [0.4, 0.5) is 13.2 Å². The number of ether oxygens (including phenoxy) is 1. The minimum absolute atomic E-state index is 0.0501. The van der Waals surface area contributed by atoms with Gasteiger partial charge in [0.2, 0.25) is 0 Å². The van der Waals surface area contributed by atoms with E-state index in [4.69, 9.17) is 4.74 Å². The maximum Gasteiger partial charge on any atom is 0.335 e. The second-order valence-corrected chi connectivity index (χ2v) is 8.65. The molecule has 0 saturated carbocycles. The Morgan fingerprint density at radius 3 is 2.21 bits per heavy atom.